The third-order valence-corrected chi connectivity index (χ3v) is 3.96. The van der Waals surface area contributed by atoms with Crippen LogP contribution in [0.1, 0.15) is 32.5 Å². The molecule has 0 unspecified atom stereocenters. The van der Waals surface area contributed by atoms with Gasteiger partial charge in [0, 0.05) is 11.1 Å². The van der Waals surface area contributed by atoms with E-state index in [2.05, 4.69) is 10.9 Å². The van der Waals surface area contributed by atoms with Crippen LogP contribution in [0.5, 0.6) is 17.2 Å². The van der Waals surface area contributed by atoms with E-state index in [9.17, 15) is 9.59 Å². The van der Waals surface area contributed by atoms with Crippen molar-refractivity contribution in [2.75, 3.05) is 21.3 Å². The van der Waals surface area contributed by atoms with E-state index >= 15 is 0 Å². The lowest BCUT2D eigenvalue weighted by Gasteiger charge is -2.15. The fourth-order valence-electron chi connectivity index (χ4n) is 2.65. The van der Waals surface area contributed by atoms with Crippen LogP contribution in [-0.2, 0) is 4.74 Å². The van der Waals surface area contributed by atoms with Crippen LogP contribution in [0.15, 0.2) is 36.4 Å². The summed E-state index contributed by atoms with van der Waals surface area (Å²) in [6, 6.07) is 9.95. The number of cyclic esters (lactones) is 1. The Morgan fingerprint density at radius 1 is 1.00 bits per heavy atom. The van der Waals surface area contributed by atoms with Crippen molar-refractivity contribution in [1.29, 1.82) is 0 Å². The van der Waals surface area contributed by atoms with Crippen molar-refractivity contribution in [3.05, 3.63) is 53.1 Å². The van der Waals surface area contributed by atoms with Crippen LogP contribution in [0.2, 0.25) is 0 Å². The minimum Gasteiger partial charge on any atom is -0.497 e. The van der Waals surface area contributed by atoms with Crippen LogP contribution < -0.4 is 25.1 Å². The molecule has 26 heavy (non-hydrogen) atoms. The molecule has 1 aliphatic rings. The van der Waals surface area contributed by atoms with Crippen LogP contribution in [0.3, 0.4) is 0 Å². The maximum absolute atomic E-state index is 12.2. The van der Waals surface area contributed by atoms with Crippen molar-refractivity contribution in [3.8, 4) is 17.2 Å². The number of esters is 1. The quantitative estimate of drug-likeness (QED) is 0.601. The number of hydrogen-bond acceptors (Lipinski definition) is 7. The number of fused-ring (bicyclic) bond motifs is 1. The number of ether oxygens (including phenoxy) is 4. The molecule has 1 atom stereocenters. The summed E-state index contributed by atoms with van der Waals surface area (Å²) in [6.45, 7) is 0. The number of rotatable bonds is 6. The zero-order valence-electron chi connectivity index (χ0n) is 14.5. The number of carbonyl (C=O) groups is 2. The largest absolute Gasteiger partial charge is 0.497 e. The van der Waals surface area contributed by atoms with Gasteiger partial charge in [0.1, 0.15) is 11.3 Å². The molecule has 1 heterocycles. The Bertz CT molecular complexity index is 834. The summed E-state index contributed by atoms with van der Waals surface area (Å²) in [4.78, 5) is 24.4. The summed E-state index contributed by atoms with van der Waals surface area (Å²) < 4.78 is 20.8. The molecular weight excluding hydrogens is 340 g/mol. The van der Waals surface area contributed by atoms with Crippen molar-refractivity contribution in [3.63, 3.8) is 0 Å². The van der Waals surface area contributed by atoms with Gasteiger partial charge in [-0.25, -0.2) is 4.79 Å². The first-order valence-corrected chi connectivity index (χ1v) is 7.74. The Balaban J connectivity index is 1.74. The van der Waals surface area contributed by atoms with E-state index in [1.54, 1.807) is 43.5 Å². The molecule has 0 aliphatic carbocycles. The van der Waals surface area contributed by atoms with E-state index in [4.69, 9.17) is 18.9 Å². The molecule has 1 aliphatic heterocycles. The molecule has 3 rings (SSSR count). The minimum absolute atomic E-state index is 0.267. The molecule has 0 aromatic heterocycles. The minimum atomic E-state index is -0.834. The average molecular weight is 358 g/mol. The Morgan fingerprint density at radius 2 is 1.73 bits per heavy atom. The molecule has 1 amide bonds. The highest BCUT2D eigenvalue weighted by Crippen LogP contribution is 2.40. The molecule has 0 spiro atoms. The number of hydrogen-bond donors (Lipinski definition) is 2. The Labute approximate surface area is 150 Å². The highest BCUT2D eigenvalue weighted by Gasteiger charge is 2.36. The first kappa shape index (κ1) is 17.6. The van der Waals surface area contributed by atoms with Crippen LogP contribution in [0, 0.1) is 0 Å². The number of carbonyl (C=O) groups excluding carboxylic acids is 2. The summed E-state index contributed by atoms with van der Waals surface area (Å²) in [7, 11) is 4.47. The second-order valence-corrected chi connectivity index (χ2v) is 5.38. The van der Waals surface area contributed by atoms with Crippen LogP contribution in [-0.4, -0.2) is 33.2 Å². The maximum Gasteiger partial charge on any atom is 0.344 e. The predicted molar refractivity (Wildman–Crippen MR) is 91.3 cm³/mol. The smallest absolute Gasteiger partial charge is 0.344 e. The zero-order chi connectivity index (χ0) is 18.7. The monoisotopic (exact) mass is 358 g/mol. The normalized spacial score (nSPS) is 15.0. The zero-order valence-corrected chi connectivity index (χ0v) is 14.5. The van der Waals surface area contributed by atoms with Crippen LogP contribution >= 0.6 is 0 Å². The van der Waals surface area contributed by atoms with Gasteiger partial charge in [-0.1, -0.05) is 0 Å². The summed E-state index contributed by atoms with van der Waals surface area (Å²) in [6.07, 6.45) is -0.834. The lowest BCUT2D eigenvalue weighted by molar-refractivity contribution is 0.0260. The molecule has 0 saturated heterocycles. The molecule has 8 heteroatoms. The average Bonchev–Trinajstić information content (AvgIpc) is 3.01. The van der Waals surface area contributed by atoms with E-state index in [0.29, 0.717) is 28.4 Å². The molecule has 0 bridgehead atoms. The molecule has 136 valence electrons. The van der Waals surface area contributed by atoms with Crippen molar-refractivity contribution in [2.24, 2.45) is 0 Å². The van der Waals surface area contributed by atoms with Gasteiger partial charge in [-0.15, -0.1) is 0 Å². The fraction of sp³-hybridized carbons (Fsp3) is 0.222. The van der Waals surface area contributed by atoms with Crippen LogP contribution in [0.4, 0.5) is 0 Å². The molecule has 0 radical (unpaired) electrons. The SMILES string of the molecule is COc1ccc(C(=O)NN[C@H]2OC(=O)c3c2ccc(OC)c3OC)cc1. The van der Waals surface area contributed by atoms with E-state index in [0.717, 1.165) is 0 Å². The van der Waals surface area contributed by atoms with Gasteiger partial charge < -0.3 is 18.9 Å². The molecule has 2 N–H and O–H groups in total. The third-order valence-electron chi connectivity index (χ3n) is 3.96. The van der Waals surface area contributed by atoms with Crippen molar-refractivity contribution in [2.45, 2.75) is 6.23 Å². The molecule has 2 aromatic carbocycles. The number of benzene rings is 2. The third kappa shape index (κ3) is 3.14. The van der Waals surface area contributed by atoms with Crippen molar-refractivity contribution < 1.29 is 28.5 Å². The van der Waals surface area contributed by atoms with Crippen molar-refractivity contribution in [1.82, 2.24) is 10.9 Å². The number of methoxy groups -OCH3 is 3. The van der Waals surface area contributed by atoms with Gasteiger partial charge in [0.05, 0.1) is 21.3 Å². The number of nitrogens with one attached hydrogen (secondary N) is 2. The molecule has 0 fully saturated rings. The first-order chi connectivity index (χ1) is 12.6. The van der Waals surface area contributed by atoms with Crippen LogP contribution in [0.25, 0.3) is 0 Å². The number of hydrazine groups is 1. The Morgan fingerprint density at radius 3 is 2.35 bits per heavy atom. The van der Waals surface area contributed by atoms with Gasteiger partial charge in [-0.2, -0.15) is 5.43 Å². The summed E-state index contributed by atoms with van der Waals surface area (Å²) >= 11 is 0. The standard InChI is InChI=1S/C18H18N2O6/c1-23-11-6-4-10(5-7-11)16(21)19-20-17-12-8-9-13(24-2)15(25-3)14(12)18(22)26-17/h4-9,17,20H,1-3H3,(H,19,21)/t17-/m0/s1. The van der Waals surface area contributed by atoms with Gasteiger partial charge >= 0.3 is 5.97 Å². The lowest BCUT2D eigenvalue weighted by atomic mass is 10.1. The highest BCUT2D eigenvalue weighted by atomic mass is 16.6. The Kier molecular flexibility index (Phi) is 4.94. The van der Waals surface area contributed by atoms with E-state index in [1.165, 1.54) is 14.2 Å². The Hall–Kier alpha value is -3.26. The molecule has 2 aromatic rings. The lowest BCUT2D eigenvalue weighted by Crippen LogP contribution is -2.40. The van der Waals surface area contributed by atoms with E-state index in [1.807, 2.05) is 0 Å². The number of amides is 1. The fourth-order valence-corrected chi connectivity index (χ4v) is 2.65. The second kappa shape index (κ2) is 7.32. The van der Waals surface area contributed by atoms with Gasteiger partial charge in [-0.3, -0.25) is 10.2 Å². The maximum atomic E-state index is 12.2. The van der Waals surface area contributed by atoms with E-state index in [-0.39, 0.29) is 11.5 Å². The predicted octanol–water partition coefficient (Wildman–Crippen LogP) is 1.82. The molecule has 0 saturated carbocycles. The van der Waals surface area contributed by atoms with Gasteiger partial charge in [0.15, 0.2) is 17.7 Å². The summed E-state index contributed by atoms with van der Waals surface area (Å²) in [5.41, 5.74) is 6.48. The highest BCUT2D eigenvalue weighted by molar-refractivity contribution is 5.98. The summed E-state index contributed by atoms with van der Waals surface area (Å²) in [5.74, 6) is 0.422. The van der Waals surface area contributed by atoms with E-state index < -0.39 is 12.2 Å². The topological polar surface area (TPSA) is 95.1 Å². The molecule has 8 nitrogen and oxygen atoms in total. The second-order valence-electron chi connectivity index (χ2n) is 5.38. The van der Waals surface area contributed by atoms with Gasteiger partial charge in [-0.05, 0) is 36.4 Å². The van der Waals surface area contributed by atoms with Crippen molar-refractivity contribution >= 4 is 11.9 Å². The van der Waals surface area contributed by atoms with Gasteiger partial charge in [0.2, 0.25) is 0 Å². The first-order valence-electron chi connectivity index (χ1n) is 7.74. The summed E-state index contributed by atoms with van der Waals surface area (Å²) in [5, 5.41) is 0. The molecular formula is C18H18N2O6. The van der Waals surface area contributed by atoms with Gasteiger partial charge in [0.25, 0.3) is 5.91 Å².